The molecule has 138 valence electrons. The van der Waals surface area contributed by atoms with E-state index in [0.29, 0.717) is 0 Å². The number of hydrogen-bond acceptors (Lipinski definition) is 3. The van der Waals surface area contributed by atoms with Crippen molar-refractivity contribution in [1.82, 2.24) is 15.5 Å². The molecule has 1 aliphatic rings. The molecule has 0 aromatic heterocycles. The number of nitrogens with one attached hydrogen (secondary N) is 2. The Kier molecular flexibility index (Phi) is 15.4. The molecule has 5 nitrogen and oxygen atoms in total. The second kappa shape index (κ2) is 15.4. The van der Waals surface area contributed by atoms with Crippen molar-refractivity contribution >= 4 is 29.9 Å². The monoisotopic (exact) mass is 440 g/mol. The first-order valence-corrected chi connectivity index (χ1v) is 8.99. The number of piperidine rings is 1. The summed E-state index contributed by atoms with van der Waals surface area (Å²) in [4.78, 5) is 7.18. The highest BCUT2D eigenvalue weighted by molar-refractivity contribution is 14.0. The van der Waals surface area contributed by atoms with Crippen LogP contribution in [0.4, 0.5) is 0 Å². The fourth-order valence-electron chi connectivity index (χ4n) is 2.90. The lowest BCUT2D eigenvalue weighted by Crippen LogP contribution is -2.38. The van der Waals surface area contributed by atoms with E-state index in [1.807, 2.05) is 0 Å². The molecule has 6 heteroatoms. The third-order valence-electron chi connectivity index (χ3n) is 4.06. The number of nitrogens with zero attached hydrogens (tertiary/aromatic N) is 2. The van der Waals surface area contributed by atoms with Gasteiger partial charge in [0.05, 0.1) is 0 Å². The SMILES string of the molecule is CCNC(=NCCCOC)NCCCCN1CCCC(C)C1.I. The minimum Gasteiger partial charge on any atom is -0.385 e. The van der Waals surface area contributed by atoms with Crippen molar-refractivity contribution in [1.29, 1.82) is 0 Å². The zero-order chi connectivity index (χ0) is 16.0. The summed E-state index contributed by atoms with van der Waals surface area (Å²) in [7, 11) is 1.73. The number of aliphatic imine (C=N–C) groups is 1. The highest BCUT2D eigenvalue weighted by atomic mass is 127. The van der Waals surface area contributed by atoms with Gasteiger partial charge in [0.2, 0.25) is 0 Å². The van der Waals surface area contributed by atoms with E-state index in [9.17, 15) is 0 Å². The highest BCUT2D eigenvalue weighted by Crippen LogP contribution is 2.15. The molecule has 0 aromatic rings. The van der Waals surface area contributed by atoms with Gasteiger partial charge in [-0.15, -0.1) is 24.0 Å². The molecule has 0 aliphatic carbocycles. The van der Waals surface area contributed by atoms with Gasteiger partial charge >= 0.3 is 0 Å². The highest BCUT2D eigenvalue weighted by Gasteiger charge is 2.15. The van der Waals surface area contributed by atoms with Crippen molar-refractivity contribution < 1.29 is 4.74 Å². The molecule has 0 amide bonds. The Hall–Kier alpha value is -0.0800. The Bertz CT molecular complexity index is 302. The minimum atomic E-state index is 0. The normalized spacial score (nSPS) is 19.3. The standard InChI is InChI=1S/C17H36N4O.HI/c1-4-18-17(20-11-8-14-22-3)19-10-5-6-12-21-13-7-9-16(2)15-21;/h16H,4-15H2,1-3H3,(H2,18,19,20);1H. The van der Waals surface area contributed by atoms with Gasteiger partial charge in [0.15, 0.2) is 5.96 Å². The second-order valence-electron chi connectivity index (χ2n) is 6.29. The lowest BCUT2D eigenvalue weighted by atomic mass is 10.0. The van der Waals surface area contributed by atoms with Gasteiger partial charge in [-0.05, 0) is 58.0 Å². The molecule has 1 fully saturated rings. The molecule has 1 saturated heterocycles. The zero-order valence-electron chi connectivity index (χ0n) is 15.3. The molecule has 0 spiro atoms. The molecule has 1 aliphatic heterocycles. The van der Waals surface area contributed by atoms with Crippen LogP contribution in [0.1, 0.15) is 46.0 Å². The summed E-state index contributed by atoms with van der Waals surface area (Å²) in [5.41, 5.74) is 0. The van der Waals surface area contributed by atoms with Gasteiger partial charge in [-0.25, -0.2) is 0 Å². The van der Waals surface area contributed by atoms with Gasteiger partial charge in [0.25, 0.3) is 0 Å². The van der Waals surface area contributed by atoms with Crippen LogP contribution in [-0.4, -0.2) is 63.8 Å². The van der Waals surface area contributed by atoms with Gasteiger partial charge in [0.1, 0.15) is 0 Å². The molecule has 0 aromatic carbocycles. The molecule has 0 saturated carbocycles. The van der Waals surface area contributed by atoms with E-state index in [-0.39, 0.29) is 24.0 Å². The summed E-state index contributed by atoms with van der Waals surface area (Å²) in [6, 6.07) is 0. The first-order valence-electron chi connectivity index (χ1n) is 8.99. The average molecular weight is 440 g/mol. The van der Waals surface area contributed by atoms with E-state index < -0.39 is 0 Å². The van der Waals surface area contributed by atoms with E-state index in [4.69, 9.17) is 4.74 Å². The second-order valence-corrected chi connectivity index (χ2v) is 6.29. The van der Waals surface area contributed by atoms with Crippen LogP contribution in [0.2, 0.25) is 0 Å². The van der Waals surface area contributed by atoms with E-state index in [2.05, 4.69) is 34.4 Å². The zero-order valence-corrected chi connectivity index (χ0v) is 17.6. The molecule has 0 radical (unpaired) electrons. The van der Waals surface area contributed by atoms with Gasteiger partial charge in [-0.3, -0.25) is 4.99 Å². The number of hydrogen-bond donors (Lipinski definition) is 2. The molecule has 1 atom stereocenters. The van der Waals surface area contributed by atoms with Crippen LogP contribution < -0.4 is 10.6 Å². The maximum absolute atomic E-state index is 5.05. The summed E-state index contributed by atoms with van der Waals surface area (Å²) < 4.78 is 5.05. The Labute approximate surface area is 160 Å². The summed E-state index contributed by atoms with van der Waals surface area (Å²) in [5, 5.41) is 6.72. The topological polar surface area (TPSA) is 48.9 Å². The van der Waals surface area contributed by atoms with Crippen LogP contribution in [-0.2, 0) is 4.74 Å². The lowest BCUT2D eigenvalue weighted by molar-refractivity contribution is 0.181. The molecule has 23 heavy (non-hydrogen) atoms. The van der Waals surface area contributed by atoms with Crippen molar-refractivity contribution in [2.24, 2.45) is 10.9 Å². The third-order valence-corrected chi connectivity index (χ3v) is 4.06. The lowest BCUT2D eigenvalue weighted by Gasteiger charge is -2.30. The molecule has 1 rings (SSSR count). The predicted molar refractivity (Wildman–Crippen MR) is 110 cm³/mol. The summed E-state index contributed by atoms with van der Waals surface area (Å²) in [6.07, 6.45) is 6.22. The fraction of sp³-hybridized carbons (Fsp3) is 0.941. The van der Waals surface area contributed by atoms with Crippen LogP contribution in [0.3, 0.4) is 0 Å². The maximum Gasteiger partial charge on any atom is 0.191 e. The number of ether oxygens (including phenoxy) is 1. The van der Waals surface area contributed by atoms with E-state index in [1.54, 1.807) is 7.11 Å². The Morgan fingerprint density at radius 1 is 1.26 bits per heavy atom. The Morgan fingerprint density at radius 3 is 2.78 bits per heavy atom. The number of halogens is 1. The maximum atomic E-state index is 5.05. The fourth-order valence-corrected chi connectivity index (χ4v) is 2.90. The van der Waals surface area contributed by atoms with Crippen LogP contribution in [0.25, 0.3) is 0 Å². The molecular weight excluding hydrogens is 403 g/mol. The van der Waals surface area contributed by atoms with E-state index >= 15 is 0 Å². The molecule has 0 bridgehead atoms. The van der Waals surface area contributed by atoms with Crippen LogP contribution in [0.5, 0.6) is 0 Å². The van der Waals surface area contributed by atoms with Crippen LogP contribution in [0, 0.1) is 5.92 Å². The molecule has 2 N–H and O–H groups in total. The van der Waals surface area contributed by atoms with Crippen molar-refractivity contribution in [2.75, 3.05) is 53.0 Å². The van der Waals surface area contributed by atoms with Gasteiger partial charge in [-0.2, -0.15) is 0 Å². The number of rotatable bonds is 10. The van der Waals surface area contributed by atoms with Gasteiger partial charge < -0.3 is 20.3 Å². The van der Waals surface area contributed by atoms with Gasteiger partial charge in [0, 0.05) is 39.9 Å². The summed E-state index contributed by atoms with van der Waals surface area (Å²) >= 11 is 0. The first-order chi connectivity index (χ1) is 10.8. The van der Waals surface area contributed by atoms with Gasteiger partial charge in [-0.1, -0.05) is 6.92 Å². The number of guanidine groups is 1. The third kappa shape index (κ3) is 12.0. The molecule has 1 heterocycles. The molecule has 1 unspecified atom stereocenters. The minimum absolute atomic E-state index is 0. The number of likely N-dealkylation sites (tertiary alicyclic amines) is 1. The number of unbranched alkanes of at least 4 members (excludes halogenated alkanes) is 1. The van der Waals surface area contributed by atoms with Crippen molar-refractivity contribution in [3.63, 3.8) is 0 Å². The Morgan fingerprint density at radius 2 is 2.09 bits per heavy atom. The van der Waals surface area contributed by atoms with Crippen molar-refractivity contribution in [3.05, 3.63) is 0 Å². The summed E-state index contributed by atoms with van der Waals surface area (Å²) in [5.74, 6) is 1.82. The van der Waals surface area contributed by atoms with Crippen molar-refractivity contribution in [3.8, 4) is 0 Å². The smallest absolute Gasteiger partial charge is 0.191 e. The van der Waals surface area contributed by atoms with Crippen LogP contribution >= 0.6 is 24.0 Å². The number of methoxy groups -OCH3 is 1. The largest absolute Gasteiger partial charge is 0.385 e. The van der Waals surface area contributed by atoms with E-state index in [0.717, 1.165) is 44.5 Å². The first kappa shape index (κ1) is 22.9. The van der Waals surface area contributed by atoms with Crippen molar-refractivity contribution in [2.45, 2.75) is 46.0 Å². The summed E-state index contributed by atoms with van der Waals surface area (Å²) in [6.45, 7) is 11.8. The average Bonchev–Trinajstić information content (AvgIpc) is 2.51. The van der Waals surface area contributed by atoms with Crippen LogP contribution in [0.15, 0.2) is 4.99 Å². The predicted octanol–water partition coefficient (Wildman–Crippen LogP) is 2.71. The quantitative estimate of drug-likeness (QED) is 0.237. The Balaban J connectivity index is 0.00000484. The molecular formula is C17H37IN4O. The van der Waals surface area contributed by atoms with E-state index in [1.165, 1.54) is 45.3 Å².